The Morgan fingerprint density at radius 2 is 2.00 bits per heavy atom. The van der Waals surface area contributed by atoms with E-state index in [-0.39, 0.29) is 6.61 Å². The number of aromatic nitrogens is 2. The molecule has 2 atom stereocenters. The molecular weight excluding hydrogens is 206 g/mol. The van der Waals surface area contributed by atoms with Crippen molar-refractivity contribution in [2.75, 3.05) is 18.0 Å². The van der Waals surface area contributed by atoms with Gasteiger partial charge in [-0.2, -0.15) is 0 Å². The van der Waals surface area contributed by atoms with Gasteiger partial charge in [-0.1, -0.05) is 0 Å². The van der Waals surface area contributed by atoms with Gasteiger partial charge in [-0.05, 0) is 12.8 Å². The van der Waals surface area contributed by atoms with Crippen LogP contribution in [0, 0.1) is 0 Å². The van der Waals surface area contributed by atoms with Crippen molar-refractivity contribution < 1.29 is 9.84 Å². The molecule has 2 unspecified atom stereocenters. The molecule has 2 bridgehead atoms. The molecule has 5 heteroatoms. The fourth-order valence-corrected chi connectivity index (χ4v) is 2.39. The topological polar surface area (TPSA) is 58.5 Å². The molecule has 0 radical (unpaired) electrons. The third kappa shape index (κ3) is 1.76. The number of nitrogens with zero attached hydrogens (tertiary/aromatic N) is 3. The lowest BCUT2D eigenvalue weighted by Gasteiger charge is -2.32. The van der Waals surface area contributed by atoms with Crippen molar-refractivity contribution >= 4 is 5.82 Å². The van der Waals surface area contributed by atoms with Crippen LogP contribution in [0.5, 0.6) is 0 Å². The van der Waals surface area contributed by atoms with Crippen LogP contribution in [0.1, 0.15) is 18.5 Å². The summed E-state index contributed by atoms with van der Waals surface area (Å²) in [6.07, 6.45) is 6.39. The zero-order valence-corrected chi connectivity index (χ0v) is 9.04. The lowest BCUT2D eigenvalue weighted by atomic mass is 10.2. The van der Waals surface area contributed by atoms with Gasteiger partial charge in [0.15, 0.2) is 0 Å². The van der Waals surface area contributed by atoms with Gasteiger partial charge in [0, 0.05) is 13.1 Å². The normalized spacial score (nSPS) is 28.4. The van der Waals surface area contributed by atoms with E-state index >= 15 is 0 Å². The molecule has 3 rings (SSSR count). The highest BCUT2D eigenvalue weighted by molar-refractivity contribution is 5.37. The maximum atomic E-state index is 8.90. The van der Waals surface area contributed by atoms with Crippen LogP contribution in [0.25, 0.3) is 0 Å². The van der Waals surface area contributed by atoms with E-state index in [0.717, 1.165) is 31.7 Å². The molecule has 16 heavy (non-hydrogen) atoms. The molecule has 2 fully saturated rings. The highest BCUT2D eigenvalue weighted by Gasteiger charge is 2.34. The Labute approximate surface area is 94.1 Å². The first-order valence-electron chi connectivity index (χ1n) is 5.67. The summed E-state index contributed by atoms with van der Waals surface area (Å²) in [4.78, 5) is 10.7. The van der Waals surface area contributed by atoms with Crippen LogP contribution < -0.4 is 4.90 Å². The first-order valence-corrected chi connectivity index (χ1v) is 5.67. The number of rotatable bonds is 2. The Balaban J connectivity index is 1.76. The zero-order chi connectivity index (χ0) is 11.0. The first kappa shape index (κ1) is 9.99. The Kier molecular flexibility index (Phi) is 2.49. The van der Waals surface area contributed by atoms with E-state index in [9.17, 15) is 0 Å². The van der Waals surface area contributed by atoms with E-state index in [1.165, 1.54) is 0 Å². The summed E-state index contributed by atoms with van der Waals surface area (Å²) in [5.41, 5.74) is 0.611. The number of aliphatic hydroxyl groups is 1. The number of aliphatic hydroxyl groups excluding tert-OH is 1. The van der Waals surface area contributed by atoms with Gasteiger partial charge < -0.3 is 14.7 Å². The lowest BCUT2D eigenvalue weighted by molar-refractivity contribution is 0.0302. The van der Waals surface area contributed by atoms with Crippen LogP contribution in [-0.4, -0.2) is 40.4 Å². The minimum atomic E-state index is -0.0539. The average molecular weight is 221 g/mol. The Hall–Kier alpha value is -1.20. The lowest BCUT2D eigenvalue weighted by Crippen LogP contribution is -2.43. The second-order valence-electron chi connectivity index (χ2n) is 4.39. The maximum absolute atomic E-state index is 8.90. The van der Waals surface area contributed by atoms with Gasteiger partial charge in [0.05, 0.1) is 36.9 Å². The molecule has 0 saturated carbocycles. The Morgan fingerprint density at radius 3 is 2.56 bits per heavy atom. The SMILES string of the molecule is OCc1cnc(N2CC3CCC(C2)O3)cn1. The molecule has 2 aliphatic rings. The highest BCUT2D eigenvalue weighted by atomic mass is 16.5. The minimum absolute atomic E-state index is 0.0539. The van der Waals surface area contributed by atoms with Gasteiger partial charge in [0.2, 0.25) is 0 Å². The zero-order valence-electron chi connectivity index (χ0n) is 9.04. The molecule has 1 aromatic rings. The van der Waals surface area contributed by atoms with Gasteiger partial charge in [-0.3, -0.25) is 4.98 Å². The molecule has 5 nitrogen and oxygen atoms in total. The molecular formula is C11H15N3O2. The third-order valence-electron chi connectivity index (χ3n) is 3.22. The van der Waals surface area contributed by atoms with Crippen molar-refractivity contribution in [3.05, 3.63) is 18.1 Å². The van der Waals surface area contributed by atoms with E-state index in [2.05, 4.69) is 14.9 Å². The van der Waals surface area contributed by atoms with Crippen LogP contribution in [0.2, 0.25) is 0 Å². The largest absolute Gasteiger partial charge is 0.390 e. The van der Waals surface area contributed by atoms with Crippen molar-refractivity contribution in [1.29, 1.82) is 0 Å². The fraction of sp³-hybridized carbons (Fsp3) is 0.636. The van der Waals surface area contributed by atoms with Gasteiger partial charge >= 0.3 is 0 Å². The van der Waals surface area contributed by atoms with Gasteiger partial charge in [0.1, 0.15) is 5.82 Å². The number of fused-ring (bicyclic) bond motifs is 2. The van der Waals surface area contributed by atoms with Crippen molar-refractivity contribution in [1.82, 2.24) is 9.97 Å². The average Bonchev–Trinajstić information content (AvgIpc) is 2.68. The standard InChI is InChI=1S/C11H15N3O2/c15-7-8-3-13-11(4-12-8)14-5-9-1-2-10(6-14)16-9/h3-4,9-10,15H,1-2,5-7H2. The van der Waals surface area contributed by atoms with Crippen LogP contribution in [-0.2, 0) is 11.3 Å². The number of hydrogen-bond donors (Lipinski definition) is 1. The Bertz CT molecular complexity index is 356. The smallest absolute Gasteiger partial charge is 0.147 e. The minimum Gasteiger partial charge on any atom is -0.390 e. The molecule has 2 saturated heterocycles. The molecule has 0 aromatic carbocycles. The quantitative estimate of drug-likeness (QED) is 0.780. The van der Waals surface area contributed by atoms with Crippen LogP contribution in [0.15, 0.2) is 12.4 Å². The van der Waals surface area contributed by atoms with Crippen LogP contribution >= 0.6 is 0 Å². The molecule has 0 spiro atoms. The van der Waals surface area contributed by atoms with E-state index in [1.54, 1.807) is 12.4 Å². The van der Waals surface area contributed by atoms with Gasteiger partial charge in [-0.25, -0.2) is 4.98 Å². The highest BCUT2D eigenvalue weighted by Crippen LogP contribution is 2.28. The van der Waals surface area contributed by atoms with E-state index in [4.69, 9.17) is 9.84 Å². The van der Waals surface area contributed by atoms with E-state index < -0.39 is 0 Å². The third-order valence-corrected chi connectivity index (χ3v) is 3.22. The van der Waals surface area contributed by atoms with Crippen molar-refractivity contribution in [2.24, 2.45) is 0 Å². The molecule has 0 amide bonds. The summed E-state index contributed by atoms with van der Waals surface area (Å²) in [7, 11) is 0. The second kappa shape index (κ2) is 3.99. The molecule has 86 valence electrons. The Morgan fingerprint density at radius 1 is 1.25 bits per heavy atom. The van der Waals surface area contributed by atoms with Crippen molar-refractivity contribution in [3.63, 3.8) is 0 Å². The summed E-state index contributed by atoms with van der Waals surface area (Å²) in [6.45, 7) is 1.76. The molecule has 1 N–H and O–H groups in total. The summed E-state index contributed by atoms with van der Waals surface area (Å²) < 4.78 is 5.76. The number of anilines is 1. The van der Waals surface area contributed by atoms with Crippen molar-refractivity contribution in [2.45, 2.75) is 31.7 Å². The summed E-state index contributed by atoms with van der Waals surface area (Å²) in [5, 5.41) is 8.90. The maximum Gasteiger partial charge on any atom is 0.147 e. The summed E-state index contributed by atoms with van der Waals surface area (Å²) >= 11 is 0. The van der Waals surface area contributed by atoms with Crippen LogP contribution in [0.3, 0.4) is 0 Å². The van der Waals surface area contributed by atoms with E-state index in [0.29, 0.717) is 17.9 Å². The molecule has 3 heterocycles. The second-order valence-corrected chi connectivity index (χ2v) is 4.39. The summed E-state index contributed by atoms with van der Waals surface area (Å²) in [5.74, 6) is 0.886. The molecule has 1 aromatic heterocycles. The first-order chi connectivity index (χ1) is 7.85. The van der Waals surface area contributed by atoms with Gasteiger partial charge in [-0.15, -0.1) is 0 Å². The van der Waals surface area contributed by atoms with Crippen molar-refractivity contribution in [3.8, 4) is 0 Å². The predicted octanol–water partition coefficient (Wildman–Crippen LogP) is 0.336. The monoisotopic (exact) mass is 221 g/mol. The number of ether oxygens (including phenoxy) is 1. The predicted molar refractivity (Wildman–Crippen MR) is 58.1 cm³/mol. The fourth-order valence-electron chi connectivity index (χ4n) is 2.39. The van der Waals surface area contributed by atoms with E-state index in [1.807, 2.05) is 0 Å². The molecule has 0 aliphatic carbocycles. The van der Waals surface area contributed by atoms with Crippen LogP contribution in [0.4, 0.5) is 5.82 Å². The van der Waals surface area contributed by atoms with Gasteiger partial charge in [0.25, 0.3) is 0 Å². The number of hydrogen-bond acceptors (Lipinski definition) is 5. The summed E-state index contributed by atoms with van der Waals surface area (Å²) in [6, 6.07) is 0. The molecule has 2 aliphatic heterocycles. The number of morpholine rings is 1.